The molecule has 1 aromatic rings. The summed E-state index contributed by atoms with van der Waals surface area (Å²) >= 11 is 3.98. The van der Waals surface area contributed by atoms with Gasteiger partial charge in [-0.25, -0.2) is 0 Å². The normalized spacial score (nSPS) is 16.0. The third-order valence-corrected chi connectivity index (χ3v) is 4.41. The number of benzene rings is 1. The standard InChI is InChI=1S/C15H14BrNO6S/c1-3-23-10-6-9(16)4-8(13(10)19)5-11-14(20)17(15(21)24-11)7-12(18)22-2/h4-6,19H,3,7H2,1-2H3/b11-5+. The summed E-state index contributed by atoms with van der Waals surface area (Å²) < 4.78 is 10.4. The maximum Gasteiger partial charge on any atom is 0.325 e. The van der Waals surface area contributed by atoms with Gasteiger partial charge in [-0.1, -0.05) is 15.9 Å². The zero-order valence-electron chi connectivity index (χ0n) is 12.9. The summed E-state index contributed by atoms with van der Waals surface area (Å²) in [6.07, 6.45) is 1.38. The molecule has 1 saturated heterocycles. The van der Waals surface area contributed by atoms with E-state index >= 15 is 0 Å². The van der Waals surface area contributed by atoms with Crippen LogP contribution in [-0.2, 0) is 14.3 Å². The molecule has 128 valence electrons. The van der Waals surface area contributed by atoms with Crippen LogP contribution in [0.4, 0.5) is 4.79 Å². The van der Waals surface area contributed by atoms with Crippen molar-refractivity contribution in [1.82, 2.24) is 4.90 Å². The number of phenols is 1. The molecule has 0 atom stereocenters. The summed E-state index contributed by atoms with van der Waals surface area (Å²) in [6, 6.07) is 3.19. The molecular weight excluding hydrogens is 402 g/mol. The minimum atomic E-state index is -0.692. The number of carbonyl (C=O) groups is 3. The molecule has 9 heteroatoms. The van der Waals surface area contributed by atoms with Crippen molar-refractivity contribution in [2.45, 2.75) is 6.92 Å². The lowest BCUT2D eigenvalue weighted by molar-refractivity contribution is -0.143. The van der Waals surface area contributed by atoms with Gasteiger partial charge in [0.1, 0.15) is 6.54 Å². The van der Waals surface area contributed by atoms with Crippen molar-refractivity contribution >= 4 is 50.9 Å². The van der Waals surface area contributed by atoms with Crippen molar-refractivity contribution in [2.75, 3.05) is 20.3 Å². The van der Waals surface area contributed by atoms with Crippen molar-refractivity contribution in [2.24, 2.45) is 0 Å². The van der Waals surface area contributed by atoms with Gasteiger partial charge < -0.3 is 14.6 Å². The highest BCUT2D eigenvalue weighted by molar-refractivity contribution is 9.10. The molecule has 0 aliphatic carbocycles. The van der Waals surface area contributed by atoms with E-state index in [2.05, 4.69) is 20.7 Å². The molecule has 1 aliphatic rings. The van der Waals surface area contributed by atoms with Gasteiger partial charge in [-0.3, -0.25) is 19.3 Å². The van der Waals surface area contributed by atoms with E-state index in [9.17, 15) is 19.5 Å². The zero-order valence-corrected chi connectivity index (χ0v) is 15.3. The fourth-order valence-corrected chi connectivity index (χ4v) is 3.22. The van der Waals surface area contributed by atoms with E-state index in [1.165, 1.54) is 13.2 Å². The van der Waals surface area contributed by atoms with Crippen LogP contribution in [0, 0.1) is 0 Å². The first-order valence-corrected chi connectivity index (χ1v) is 8.45. The SMILES string of the molecule is CCOc1cc(Br)cc(/C=C2/SC(=O)N(CC(=O)OC)C2=O)c1O. The third-order valence-electron chi connectivity index (χ3n) is 3.04. The highest BCUT2D eigenvalue weighted by Gasteiger charge is 2.36. The first-order chi connectivity index (χ1) is 11.4. The number of aromatic hydroxyl groups is 1. The molecule has 24 heavy (non-hydrogen) atoms. The van der Waals surface area contributed by atoms with Crippen molar-refractivity contribution < 1.29 is 29.0 Å². The molecule has 0 bridgehead atoms. The number of methoxy groups -OCH3 is 1. The number of phenolic OH excluding ortho intramolecular Hbond substituents is 1. The highest BCUT2D eigenvalue weighted by atomic mass is 79.9. The Hall–Kier alpha value is -2.00. The van der Waals surface area contributed by atoms with E-state index in [0.717, 1.165) is 4.90 Å². The molecule has 1 aromatic carbocycles. The fraction of sp³-hybridized carbons (Fsp3) is 0.267. The number of hydrogen-bond acceptors (Lipinski definition) is 7. The van der Waals surface area contributed by atoms with Gasteiger partial charge >= 0.3 is 5.97 Å². The van der Waals surface area contributed by atoms with E-state index in [1.807, 2.05) is 0 Å². The van der Waals surface area contributed by atoms with Crippen LogP contribution in [-0.4, -0.2) is 47.4 Å². The fourth-order valence-electron chi connectivity index (χ4n) is 1.94. The van der Waals surface area contributed by atoms with E-state index in [-0.39, 0.29) is 16.4 Å². The van der Waals surface area contributed by atoms with E-state index in [4.69, 9.17) is 4.74 Å². The van der Waals surface area contributed by atoms with Gasteiger partial charge in [0.15, 0.2) is 11.5 Å². The molecular formula is C15H14BrNO6S. The van der Waals surface area contributed by atoms with Crippen LogP contribution in [0.2, 0.25) is 0 Å². The van der Waals surface area contributed by atoms with Crippen LogP contribution in [0.5, 0.6) is 11.5 Å². The second-order valence-electron chi connectivity index (χ2n) is 4.62. The maximum atomic E-state index is 12.3. The van der Waals surface area contributed by atoms with Crippen LogP contribution < -0.4 is 4.74 Å². The van der Waals surface area contributed by atoms with Crippen molar-refractivity contribution in [1.29, 1.82) is 0 Å². The van der Waals surface area contributed by atoms with Gasteiger partial charge in [0.05, 0.1) is 18.6 Å². The Morgan fingerprint density at radius 2 is 2.12 bits per heavy atom. The molecule has 0 aromatic heterocycles. The second kappa shape index (κ2) is 7.71. The van der Waals surface area contributed by atoms with Gasteiger partial charge in [-0.2, -0.15) is 0 Å². The van der Waals surface area contributed by atoms with Crippen molar-refractivity contribution in [3.8, 4) is 11.5 Å². The third kappa shape index (κ3) is 3.90. The number of thioether (sulfide) groups is 1. The van der Waals surface area contributed by atoms with Crippen LogP contribution >= 0.6 is 27.7 Å². The van der Waals surface area contributed by atoms with Crippen LogP contribution in [0.3, 0.4) is 0 Å². The Morgan fingerprint density at radius 3 is 2.75 bits per heavy atom. The Balaban J connectivity index is 2.34. The van der Waals surface area contributed by atoms with E-state index in [0.29, 0.717) is 28.4 Å². The van der Waals surface area contributed by atoms with E-state index in [1.54, 1.807) is 19.1 Å². The second-order valence-corrected chi connectivity index (χ2v) is 6.53. The summed E-state index contributed by atoms with van der Waals surface area (Å²) in [5.41, 5.74) is 0.316. The number of esters is 1. The molecule has 0 saturated carbocycles. The summed E-state index contributed by atoms with van der Waals surface area (Å²) in [7, 11) is 1.17. The number of ether oxygens (including phenoxy) is 2. The Bertz CT molecular complexity index is 733. The summed E-state index contributed by atoms with van der Waals surface area (Å²) in [4.78, 5) is 36.3. The maximum absolute atomic E-state index is 12.3. The van der Waals surface area contributed by atoms with Crippen molar-refractivity contribution in [3.63, 3.8) is 0 Å². The zero-order chi connectivity index (χ0) is 17.9. The number of halogens is 1. The summed E-state index contributed by atoms with van der Waals surface area (Å²) in [6.45, 7) is 1.68. The summed E-state index contributed by atoms with van der Waals surface area (Å²) in [5.74, 6) is -1.19. The predicted molar refractivity (Wildman–Crippen MR) is 91.7 cm³/mol. The quantitative estimate of drug-likeness (QED) is 0.583. The number of carbonyl (C=O) groups excluding carboxylic acids is 3. The molecule has 1 N–H and O–H groups in total. The van der Waals surface area contributed by atoms with Gasteiger partial charge in [0.25, 0.3) is 11.1 Å². The molecule has 1 aliphatic heterocycles. The molecule has 0 radical (unpaired) electrons. The largest absolute Gasteiger partial charge is 0.504 e. The van der Waals surface area contributed by atoms with Crippen LogP contribution in [0.1, 0.15) is 12.5 Å². The number of nitrogens with zero attached hydrogens (tertiary/aromatic N) is 1. The lowest BCUT2D eigenvalue weighted by Gasteiger charge is -2.10. The smallest absolute Gasteiger partial charge is 0.325 e. The minimum Gasteiger partial charge on any atom is -0.504 e. The Labute approximate surface area is 150 Å². The Morgan fingerprint density at radius 1 is 1.42 bits per heavy atom. The Kier molecular flexibility index (Phi) is 5.89. The topological polar surface area (TPSA) is 93.1 Å². The van der Waals surface area contributed by atoms with Crippen LogP contribution in [0.15, 0.2) is 21.5 Å². The van der Waals surface area contributed by atoms with E-state index < -0.39 is 23.7 Å². The van der Waals surface area contributed by atoms with Gasteiger partial charge in [-0.05, 0) is 36.9 Å². The molecule has 1 heterocycles. The highest BCUT2D eigenvalue weighted by Crippen LogP contribution is 2.38. The van der Waals surface area contributed by atoms with Gasteiger partial charge in [-0.15, -0.1) is 0 Å². The minimum absolute atomic E-state index is 0.0970. The molecule has 0 unspecified atom stereocenters. The average molecular weight is 416 g/mol. The predicted octanol–water partition coefficient (Wildman–Crippen LogP) is 2.76. The summed E-state index contributed by atoms with van der Waals surface area (Å²) in [5, 5.41) is 9.65. The first kappa shape index (κ1) is 18.3. The molecule has 2 amide bonds. The first-order valence-electron chi connectivity index (χ1n) is 6.84. The molecule has 7 nitrogen and oxygen atoms in total. The monoisotopic (exact) mass is 415 g/mol. The number of rotatable bonds is 5. The number of imide groups is 1. The molecule has 0 spiro atoms. The number of hydrogen-bond donors (Lipinski definition) is 1. The van der Waals surface area contributed by atoms with Crippen LogP contribution in [0.25, 0.3) is 6.08 Å². The van der Waals surface area contributed by atoms with Gasteiger partial charge in [0, 0.05) is 10.0 Å². The molecule has 2 rings (SSSR count). The lowest BCUT2D eigenvalue weighted by atomic mass is 10.1. The van der Waals surface area contributed by atoms with Crippen molar-refractivity contribution in [3.05, 3.63) is 27.1 Å². The lowest BCUT2D eigenvalue weighted by Crippen LogP contribution is -2.34. The molecule has 1 fully saturated rings. The van der Waals surface area contributed by atoms with Gasteiger partial charge in [0.2, 0.25) is 0 Å². The number of amides is 2. The average Bonchev–Trinajstić information content (AvgIpc) is 2.79.